The maximum Gasteiger partial charge on any atom is 0.586 e. The molecule has 3 rings (SSSR count). The Kier molecular flexibility index (Phi) is 3.37. The second-order valence-corrected chi connectivity index (χ2v) is 5.32. The summed E-state index contributed by atoms with van der Waals surface area (Å²) in [4.78, 5) is 0. The van der Waals surface area contributed by atoms with Crippen LogP contribution in [0.25, 0.3) is 0 Å². The first-order chi connectivity index (χ1) is 9.52. The number of anilines is 1. The van der Waals surface area contributed by atoms with Crippen LogP contribution < -0.4 is 20.1 Å². The average molecular weight is 300 g/mol. The Morgan fingerprint density at radius 3 is 2.65 bits per heavy atom. The fraction of sp³-hybridized carbons (Fsp3) is 0.462. The predicted octanol–water partition coefficient (Wildman–Crippen LogP) is 3.24. The molecule has 0 aromatic heterocycles. The van der Waals surface area contributed by atoms with Crippen molar-refractivity contribution in [3.63, 3.8) is 0 Å². The number of fused-ring (bicyclic) bond motifs is 1. The number of benzene rings is 1. The third-order valence-corrected chi connectivity index (χ3v) is 3.57. The van der Waals surface area contributed by atoms with Gasteiger partial charge in [-0.3, -0.25) is 0 Å². The summed E-state index contributed by atoms with van der Waals surface area (Å²) in [5, 5.41) is 6.67. The summed E-state index contributed by atoms with van der Waals surface area (Å²) >= 11 is 5.20. The fourth-order valence-corrected chi connectivity index (χ4v) is 2.73. The van der Waals surface area contributed by atoms with E-state index >= 15 is 0 Å². The van der Waals surface area contributed by atoms with Crippen molar-refractivity contribution in [2.75, 3.05) is 5.32 Å². The third kappa shape index (κ3) is 2.92. The fourth-order valence-electron chi connectivity index (χ4n) is 2.45. The second-order valence-electron chi connectivity index (χ2n) is 4.91. The highest BCUT2D eigenvalue weighted by molar-refractivity contribution is 7.80. The van der Waals surface area contributed by atoms with Crippen LogP contribution in [0.5, 0.6) is 11.5 Å². The largest absolute Gasteiger partial charge is 0.586 e. The molecule has 0 amide bonds. The molecule has 1 aliphatic carbocycles. The number of hydrogen-bond acceptors (Lipinski definition) is 3. The lowest BCUT2D eigenvalue weighted by Crippen LogP contribution is -2.35. The van der Waals surface area contributed by atoms with E-state index in [9.17, 15) is 8.78 Å². The highest BCUT2D eigenvalue weighted by atomic mass is 32.1. The molecule has 108 valence electrons. The molecule has 0 spiro atoms. The van der Waals surface area contributed by atoms with Crippen molar-refractivity contribution < 1.29 is 18.3 Å². The van der Waals surface area contributed by atoms with Crippen LogP contribution in [0.15, 0.2) is 18.2 Å². The summed E-state index contributed by atoms with van der Waals surface area (Å²) < 4.78 is 34.5. The molecule has 1 aliphatic heterocycles. The monoisotopic (exact) mass is 300 g/mol. The van der Waals surface area contributed by atoms with Crippen molar-refractivity contribution in [1.29, 1.82) is 0 Å². The van der Waals surface area contributed by atoms with Gasteiger partial charge in [-0.1, -0.05) is 12.8 Å². The SMILES string of the molecule is FC1(F)Oc2ccc(NC(=S)NC3CCCC3)cc2O1. The number of rotatable bonds is 2. The topological polar surface area (TPSA) is 42.5 Å². The van der Waals surface area contributed by atoms with Gasteiger partial charge < -0.3 is 20.1 Å². The summed E-state index contributed by atoms with van der Waals surface area (Å²) in [7, 11) is 0. The number of alkyl halides is 2. The second kappa shape index (κ2) is 5.05. The summed E-state index contributed by atoms with van der Waals surface area (Å²) in [5.74, 6) is 0.0267. The zero-order chi connectivity index (χ0) is 14.2. The van der Waals surface area contributed by atoms with Crippen LogP contribution in [0.4, 0.5) is 14.5 Å². The predicted molar refractivity (Wildman–Crippen MR) is 74.3 cm³/mol. The Labute approximate surface area is 120 Å². The van der Waals surface area contributed by atoms with Gasteiger partial charge in [0.15, 0.2) is 16.6 Å². The first kappa shape index (κ1) is 13.4. The van der Waals surface area contributed by atoms with Crippen LogP contribution in [0.1, 0.15) is 25.7 Å². The van der Waals surface area contributed by atoms with Crippen LogP contribution in [0, 0.1) is 0 Å². The van der Waals surface area contributed by atoms with Crippen LogP contribution in [0.3, 0.4) is 0 Å². The van der Waals surface area contributed by atoms with Crippen molar-refractivity contribution in [2.24, 2.45) is 0 Å². The molecule has 1 saturated carbocycles. The van der Waals surface area contributed by atoms with Crippen molar-refractivity contribution >= 4 is 23.0 Å². The first-order valence-electron chi connectivity index (χ1n) is 6.49. The Morgan fingerprint density at radius 1 is 1.20 bits per heavy atom. The smallest absolute Gasteiger partial charge is 0.395 e. The highest BCUT2D eigenvalue weighted by Gasteiger charge is 2.43. The number of thiocarbonyl (C=S) groups is 1. The number of ether oxygens (including phenoxy) is 2. The molecule has 2 aliphatic rings. The van der Waals surface area contributed by atoms with E-state index in [-0.39, 0.29) is 11.5 Å². The molecular formula is C13H14F2N2O2S. The minimum atomic E-state index is -3.59. The molecule has 0 radical (unpaired) electrons. The summed E-state index contributed by atoms with van der Waals surface area (Å²) in [6, 6.07) is 4.88. The molecule has 1 aromatic rings. The molecule has 0 saturated heterocycles. The quantitative estimate of drug-likeness (QED) is 0.821. The van der Waals surface area contributed by atoms with Gasteiger partial charge in [0.1, 0.15) is 0 Å². The van der Waals surface area contributed by atoms with E-state index in [1.54, 1.807) is 6.07 Å². The molecule has 1 aromatic carbocycles. The number of hydrogen-bond donors (Lipinski definition) is 2. The zero-order valence-electron chi connectivity index (χ0n) is 10.6. The normalized spacial score (nSPS) is 19.9. The van der Waals surface area contributed by atoms with E-state index in [0.29, 0.717) is 16.8 Å². The Balaban J connectivity index is 1.62. The molecule has 0 atom stereocenters. The van der Waals surface area contributed by atoms with Gasteiger partial charge in [-0.25, -0.2) is 0 Å². The third-order valence-electron chi connectivity index (χ3n) is 3.35. The van der Waals surface area contributed by atoms with Crippen LogP contribution >= 0.6 is 12.2 Å². The van der Waals surface area contributed by atoms with E-state index in [1.165, 1.54) is 25.0 Å². The molecule has 2 N–H and O–H groups in total. The molecule has 7 heteroatoms. The zero-order valence-corrected chi connectivity index (χ0v) is 11.4. The van der Waals surface area contributed by atoms with Crippen LogP contribution in [0.2, 0.25) is 0 Å². The molecule has 1 heterocycles. The molecule has 0 unspecified atom stereocenters. The summed E-state index contributed by atoms with van der Waals surface area (Å²) in [5.41, 5.74) is 0.584. The minimum absolute atomic E-state index is 0.00339. The van der Waals surface area contributed by atoms with Crippen molar-refractivity contribution in [2.45, 2.75) is 38.0 Å². The van der Waals surface area contributed by atoms with E-state index in [0.717, 1.165) is 12.8 Å². The van der Waals surface area contributed by atoms with Gasteiger partial charge in [0.25, 0.3) is 0 Å². The van der Waals surface area contributed by atoms with Crippen molar-refractivity contribution in [3.8, 4) is 11.5 Å². The maximum absolute atomic E-state index is 12.9. The van der Waals surface area contributed by atoms with Crippen molar-refractivity contribution in [3.05, 3.63) is 18.2 Å². The van der Waals surface area contributed by atoms with E-state index in [4.69, 9.17) is 12.2 Å². The molecular weight excluding hydrogens is 286 g/mol. The van der Waals surface area contributed by atoms with Gasteiger partial charge in [-0.05, 0) is 37.2 Å². The Morgan fingerprint density at radius 2 is 1.90 bits per heavy atom. The molecule has 4 nitrogen and oxygen atoms in total. The lowest BCUT2D eigenvalue weighted by atomic mass is 10.2. The lowest BCUT2D eigenvalue weighted by Gasteiger charge is -2.15. The van der Waals surface area contributed by atoms with Gasteiger partial charge in [-0.2, -0.15) is 0 Å². The highest BCUT2D eigenvalue weighted by Crippen LogP contribution is 2.42. The summed E-state index contributed by atoms with van der Waals surface area (Å²) in [6.07, 6.45) is 1.03. The number of nitrogens with one attached hydrogen (secondary N) is 2. The maximum atomic E-state index is 12.9. The van der Waals surface area contributed by atoms with Gasteiger partial charge in [-0.15, -0.1) is 8.78 Å². The first-order valence-corrected chi connectivity index (χ1v) is 6.90. The van der Waals surface area contributed by atoms with Crippen LogP contribution in [-0.2, 0) is 0 Å². The minimum Gasteiger partial charge on any atom is -0.395 e. The Bertz CT molecular complexity index is 533. The van der Waals surface area contributed by atoms with Gasteiger partial charge in [0.05, 0.1) is 0 Å². The average Bonchev–Trinajstić information content (AvgIpc) is 2.94. The Hall–Kier alpha value is -1.63. The van der Waals surface area contributed by atoms with Crippen molar-refractivity contribution in [1.82, 2.24) is 5.32 Å². The summed E-state index contributed by atoms with van der Waals surface area (Å²) in [6.45, 7) is 0. The van der Waals surface area contributed by atoms with Gasteiger partial charge >= 0.3 is 6.29 Å². The molecule has 20 heavy (non-hydrogen) atoms. The van der Waals surface area contributed by atoms with E-state index in [1.807, 2.05) is 0 Å². The molecule has 1 fully saturated rings. The van der Waals surface area contributed by atoms with Gasteiger partial charge in [0.2, 0.25) is 0 Å². The lowest BCUT2D eigenvalue weighted by molar-refractivity contribution is -0.286. The van der Waals surface area contributed by atoms with Crippen LogP contribution in [-0.4, -0.2) is 17.4 Å². The molecule has 0 bridgehead atoms. The number of halogens is 2. The van der Waals surface area contributed by atoms with Gasteiger partial charge in [0, 0.05) is 17.8 Å². The standard InChI is InChI=1S/C13H14F2N2O2S/c14-13(15)18-10-6-5-9(7-11(10)19-13)17-12(20)16-8-3-1-2-4-8/h5-8H,1-4H2,(H2,16,17,20). The van der Waals surface area contributed by atoms with E-state index in [2.05, 4.69) is 20.1 Å². The van der Waals surface area contributed by atoms with E-state index < -0.39 is 6.29 Å².